The summed E-state index contributed by atoms with van der Waals surface area (Å²) in [4.78, 5) is 11.0. The number of benzene rings is 1. The Morgan fingerprint density at radius 2 is 1.81 bits per heavy atom. The van der Waals surface area contributed by atoms with E-state index in [2.05, 4.69) is 0 Å². The summed E-state index contributed by atoms with van der Waals surface area (Å²) in [7, 11) is 0. The van der Waals surface area contributed by atoms with Gasteiger partial charge < -0.3 is 10.3 Å². The molecule has 1 N–H and O–H groups in total. The average Bonchev–Trinajstić information content (AvgIpc) is 2.29. The summed E-state index contributed by atoms with van der Waals surface area (Å²) in [5, 5.41) is 20.4. The van der Waals surface area contributed by atoms with Crippen molar-refractivity contribution in [2.45, 2.75) is 0 Å². The van der Waals surface area contributed by atoms with Crippen molar-refractivity contribution in [3.8, 4) is 11.1 Å². The van der Waals surface area contributed by atoms with Gasteiger partial charge in [-0.3, -0.25) is 0 Å². The molecule has 0 radical (unpaired) electrons. The van der Waals surface area contributed by atoms with Crippen LogP contribution in [0.2, 0.25) is 0 Å². The number of hydrogen-bond donors (Lipinski definition) is 1. The second-order valence-corrected chi connectivity index (χ2v) is 3.27. The summed E-state index contributed by atoms with van der Waals surface area (Å²) >= 11 is 0. The molecule has 0 fully saturated rings. The molecule has 4 heteroatoms. The maximum atomic E-state index is 11.4. The molecule has 0 bridgehead atoms. The molecule has 0 saturated carbocycles. The van der Waals surface area contributed by atoms with E-state index in [9.17, 15) is 10.0 Å². The monoisotopic (exact) mass is 215 g/mol. The van der Waals surface area contributed by atoms with E-state index in [1.165, 1.54) is 12.3 Å². The van der Waals surface area contributed by atoms with Crippen LogP contribution in [0.4, 0.5) is 0 Å². The normalized spacial score (nSPS) is 10.0. The van der Waals surface area contributed by atoms with E-state index in [1.54, 1.807) is 30.3 Å². The van der Waals surface area contributed by atoms with E-state index in [0.717, 1.165) is 0 Å². The van der Waals surface area contributed by atoms with Gasteiger partial charge in [-0.15, -0.1) is 0 Å². The third-order valence-electron chi connectivity index (χ3n) is 2.25. The van der Waals surface area contributed by atoms with E-state index in [-0.39, 0.29) is 5.69 Å². The molecule has 0 aliphatic carbocycles. The molecule has 1 heterocycles. The number of aromatic carboxylic acids is 1. The van der Waals surface area contributed by atoms with E-state index in [0.29, 0.717) is 15.9 Å². The first-order chi connectivity index (χ1) is 7.70. The van der Waals surface area contributed by atoms with Crippen LogP contribution in [0.5, 0.6) is 0 Å². The fourth-order valence-electron chi connectivity index (χ4n) is 1.55. The van der Waals surface area contributed by atoms with Gasteiger partial charge in [0.1, 0.15) is 0 Å². The largest absolute Gasteiger partial charge is 0.618 e. The van der Waals surface area contributed by atoms with Crippen LogP contribution in [-0.4, -0.2) is 11.1 Å². The highest BCUT2D eigenvalue weighted by Crippen LogP contribution is 2.20. The number of pyridine rings is 1. The van der Waals surface area contributed by atoms with Crippen LogP contribution < -0.4 is 4.73 Å². The predicted octanol–water partition coefficient (Wildman–Crippen LogP) is 1.69. The molecule has 80 valence electrons. The first-order valence-electron chi connectivity index (χ1n) is 4.71. The number of carboxylic acid groups (broad SMARTS) is 1. The molecule has 0 aliphatic heterocycles. The number of hydrogen-bond acceptors (Lipinski definition) is 2. The molecular formula is C12H9NO3. The molecule has 0 aliphatic rings. The highest BCUT2D eigenvalue weighted by Gasteiger charge is 2.21. The minimum Gasteiger partial charge on any atom is -0.618 e. The summed E-state index contributed by atoms with van der Waals surface area (Å²) in [6.45, 7) is 0. The van der Waals surface area contributed by atoms with Gasteiger partial charge in [0, 0.05) is 6.07 Å². The van der Waals surface area contributed by atoms with Crippen molar-refractivity contribution < 1.29 is 14.6 Å². The SMILES string of the molecule is O=C(O)c1c(-c2ccccc2)ccc[n+]1[O-]. The zero-order valence-corrected chi connectivity index (χ0v) is 8.33. The molecule has 2 rings (SSSR count). The van der Waals surface area contributed by atoms with Crippen molar-refractivity contribution in [1.29, 1.82) is 0 Å². The van der Waals surface area contributed by atoms with E-state index < -0.39 is 5.97 Å². The number of carboxylic acids is 1. The molecule has 1 aromatic heterocycles. The first-order valence-corrected chi connectivity index (χ1v) is 4.71. The zero-order chi connectivity index (χ0) is 11.5. The molecule has 0 atom stereocenters. The Morgan fingerprint density at radius 3 is 2.44 bits per heavy atom. The molecule has 0 unspecified atom stereocenters. The Morgan fingerprint density at radius 1 is 1.12 bits per heavy atom. The minimum atomic E-state index is -1.23. The fourth-order valence-corrected chi connectivity index (χ4v) is 1.55. The van der Waals surface area contributed by atoms with Crippen LogP contribution >= 0.6 is 0 Å². The molecule has 0 saturated heterocycles. The van der Waals surface area contributed by atoms with Crippen LogP contribution in [0, 0.1) is 5.21 Å². The second kappa shape index (κ2) is 4.02. The molecule has 0 amide bonds. The third-order valence-corrected chi connectivity index (χ3v) is 2.25. The van der Waals surface area contributed by atoms with Gasteiger partial charge in [-0.2, -0.15) is 4.73 Å². The number of nitrogens with zero attached hydrogens (tertiary/aromatic N) is 1. The lowest BCUT2D eigenvalue weighted by molar-refractivity contribution is -0.607. The lowest BCUT2D eigenvalue weighted by atomic mass is 10.0. The maximum absolute atomic E-state index is 11.4. The van der Waals surface area contributed by atoms with Crippen LogP contribution in [0.3, 0.4) is 0 Å². The summed E-state index contributed by atoms with van der Waals surface area (Å²) in [5.74, 6) is -1.23. The molecular weight excluding hydrogens is 206 g/mol. The smallest absolute Gasteiger partial charge is 0.403 e. The van der Waals surface area contributed by atoms with Gasteiger partial charge in [-0.05, 0) is 11.6 Å². The van der Waals surface area contributed by atoms with Gasteiger partial charge in [0.25, 0.3) is 0 Å². The van der Waals surface area contributed by atoms with Gasteiger partial charge in [-0.25, -0.2) is 4.79 Å². The summed E-state index contributed by atoms with van der Waals surface area (Å²) in [5.41, 5.74) is 0.879. The lowest BCUT2D eigenvalue weighted by Crippen LogP contribution is -2.34. The van der Waals surface area contributed by atoms with Gasteiger partial charge >= 0.3 is 11.7 Å². The van der Waals surface area contributed by atoms with Crippen molar-refractivity contribution in [2.24, 2.45) is 0 Å². The van der Waals surface area contributed by atoms with Gasteiger partial charge in [-0.1, -0.05) is 30.3 Å². The van der Waals surface area contributed by atoms with Crippen LogP contribution in [0.25, 0.3) is 11.1 Å². The van der Waals surface area contributed by atoms with Crippen molar-refractivity contribution in [3.05, 3.63) is 59.6 Å². The Bertz CT molecular complexity index is 523. The van der Waals surface area contributed by atoms with Crippen LogP contribution in [-0.2, 0) is 0 Å². The zero-order valence-electron chi connectivity index (χ0n) is 8.33. The van der Waals surface area contributed by atoms with Gasteiger partial charge in [0.2, 0.25) is 0 Å². The predicted molar refractivity (Wildman–Crippen MR) is 57.8 cm³/mol. The Hall–Kier alpha value is -2.36. The quantitative estimate of drug-likeness (QED) is 0.612. The van der Waals surface area contributed by atoms with Gasteiger partial charge in [0.05, 0.1) is 5.56 Å². The summed E-state index contributed by atoms with van der Waals surface area (Å²) < 4.78 is 0.366. The number of carbonyl (C=O) groups is 1. The third kappa shape index (κ3) is 1.72. The van der Waals surface area contributed by atoms with Crippen molar-refractivity contribution in [1.82, 2.24) is 0 Å². The Balaban J connectivity index is 2.66. The van der Waals surface area contributed by atoms with E-state index >= 15 is 0 Å². The summed E-state index contributed by atoms with van der Waals surface area (Å²) in [6.07, 6.45) is 1.18. The number of rotatable bonds is 2. The minimum absolute atomic E-state index is 0.256. The lowest BCUT2D eigenvalue weighted by Gasteiger charge is -2.06. The van der Waals surface area contributed by atoms with Crippen LogP contribution in [0.15, 0.2) is 48.7 Å². The molecule has 4 nitrogen and oxygen atoms in total. The van der Waals surface area contributed by atoms with E-state index in [4.69, 9.17) is 5.11 Å². The number of aromatic nitrogens is 1. The fraction of sp³-hybridized carbons (Fsp3) is 0. The maximum Gasteiger partial charge on any atom is 0.403 e. The van der Waals surface area contributed by atoms with Gasteiger partial charge in [0.15, 0.2) is 6.20 Å². The van der Waals surface area contributed by atoms with Crippen molar-refractivity contribution >= 4 is 5.97 Å². The summed E-state index contributed by atoms with van der Waals surface area (Å²) in [6, 6.07) is 12.1. The first kappa shape index (κ1) is 10.2. The van der Waals surface area contributed by atoms with Crippen molar-refractivity contribution in [2.75, 3.05) is 0 Å². The Kier molecular flexibility index (Phi) is 2.55. The highest BCUT2D eigenvalue weighted by atomic mass is 16.5. The van der Waals surface area contributed by atoms with E-state index in [1.807, 2.05) is 6.07 Å². The Labute approximate surface area is 92.0 Å². The standard InChI is InChI=1S/C12H9NO3/c14-12(15)11-10(7-4-8-13(11)16)9-5-2-1-3-6-9/h1-8H,(H,14,15). The topological polar surface area (TPSA) is 64.2 Å². The molecule has 1 aromatic carbocycles. The average molecular weight is 215 g/mol. The molecule has 2 aromatic rings. The molecule has 16 heavy (non-hydrogen) atoms. The highest BCUT2D eigenvalue weighted by molar-refractivity contribution is 5.92. The van der Waals surface area contributed by atoms with Crippen LogP contribution in [0.1, 0.15) is 10.5 Å². The molecule has 0 spiro atoms. The van der Waals surface area contributed by atoms with Crippen molar-refractivity contribution in [3.63, 3.8) is 0 Å². The second-order valence-electron chi connectivity index (χ2n) is 3.27.